The van der Waals surface area contributed by atoms with Crippen LogP contribution in [0.15, 0.2) is 24.3 Å². The van der Waals surface area contributed by atoms with Gasteiger partial charge in [-0.3, -0.25) is 0 Å². The van der Waals surface area contributed by atoms with E-state index in [1.165, 1.54) is 5.56 Å². The predicted molar refractivity (Wildman–Crippen MR) is 64.3 cm³/mol. The molecule has 1 N–H and O–H groups in total. The highest BCUT2D eigenvalue weighted by molar-refractivity contribution is 8.11. The number of hydrogen-bond donors (Lipinski definition) is 2. The number of rotatable bonds is 2. The summed E-state index contributed by atoms with van der Waals surface area (Å²) < 4.78 is 6.07. The second kappa shape index (κ2) is 4.19. The molecular weight excluding hydrogens is 214 g/mol. The van der Waals surface area contributed by atoms with Crippen LogP contribution in [-0.4, -0.2) is 17.5 Å². The van der Waals surface area contributed by atoms with Crippen LogP contribution in [0.25, 0.3) is 0 Å². The van der Waals surface area contributed by atoms with Crippen LogP contribution < -0.4 is 10.1 Å². The van der Waals surface area contributed by atoms with E-state index < -0.39 is 0 Å². The molecular formula is C10H11NOS2. The summed E-state index contributed by atoms with van der Waals surface area (Å²) in [7, 11) is 0. The van der Waals surface area contributed by atoms with Gasteiger partial charge >= 0.3 is 0 Å². The Balaban J connectivity index is 2.07. The molecule has 2 rings (SSSR count). The van der Waals surface area contributed by atoms with Crippen molar-refractivity contribution in [2.24, 2.45) is 0 Å². The molecule has 1 unspecified atom stereocenters. The van der Waals surface area contributed by atoms with Crippen molar-refractivity contribution in [3.8, 4) is 5.75 Å². The largest absolute Gasteiger partial charge is 0.493 e. The van der Waals surface area contributed by atoms with Gasteiger partial charge in [0.05, 0.1) is 6.61 Å². The zero-order valence-electron chi connectivity index (χ0n) is 7.56. The van der Waals surface area contributed by atoms with Gasteiger partial charge in [0.2, 0.25) is 0 Å². The Morgan fingerprint density at radius 2 is 2.36 bits per heavy atom. The van der Waals surface area contributed by atoms with Crippen molar-refractivity contribution in [2.75, 3.05) is 13.2 Å². The average Bonchev–Trinajstić information content (AvgIpc) is 2.58. The molecule has 0 bridgehead atoms. The molecule has 0 saturated carbocycles. The number of hydrogen-bond acceptors (Lipinski definition) is 2. The van der Waals surface area contributed by atoms with E-state index in [4.69, 9.17) is 17.0 Å². The van der Waals surface area contributed by atoms with Gasteiger partial charge in [-0.15, -0.1) is 12.6 Å². The molecule has 0 fully saturated rings. The van der Waals surface area contributed by atoms with Crippen LogP contribution in [0.2, 0.25) is 0 Å². The minimum absolute atomic E-state index is 0.385. The smallest absolute Gasteiger partial charge is 0.130 e. The summed E-state index contributed by atoms with van der Waals surface area (Å²) in [5.41, 5.74) is 1.25. The number of para-hydroxylation sites is 1. The van der Waals surface area contributed by atoms with Crippen LogP contribution in [0, 0.1) is 0 Å². The zero-order chi connectivity index (χ0) is 9.97. The van der Waals surface area contributed by atoms with E-state index in [0.717, 1.165) is 18.9 Å². The number of thiol groups is 1. The quantitative estimate of drug-likeness (QED) is 0.593. The van der Waals surface area contributed by atoms with Crippen LogP contribution >= 0.6 is 24.8 Å². The minimum atomic E-state index is 0.385. The summed E-state index contributed by atoms with van der Waals surface area (Å²) in [6.07, 6.45) is 0. The maximum Gasteiger partial charge on any atom is 0.130 e. The molecule has 0 aromatic heterocycles. The lowest BCUT2D eigenvalue weighted by molar-refractivity contribution is 0.330. The van der Waals surface area contributed by atoms with Crippen molar-refractivity contribution in [2.45, 2.75) is 5.92 Å². The standard InChI is InChI=1S/C10H11NOS2/c13-10(14)11-5-7-6-12-9-4-2-1-3-8(7)9/h1-4,7H,5-6H2,(H2,11,13,14). The summed E-state index contributed by atoms with van der Waals surface area (Å²) in [5, 5.41) is 3.04. The fourth-order valence-electron chi connectivity index (χ4n) is 1.61. The molecule has 1 heterocycles. The minimum Gasteiger partial charge on any atom is -0.493 e. The summed E-state index contributed by atoms with van der Waals surface area (Å²) in [6.45, 7) is 1.52. The van der Waals surface area contributed by atoms with Crippen LogP contribution in [0.3, 0.4) is 0 Å². The molecule has 0 radical (unpaired) electrons. The van der Waals surface area contributed by atoms with E-state index in [1.54, 1.807) is 0 Å². The molecule has 0 aliphatic carbocycles. The van der Waals surface area contributed by atoms with E-state index in [0.29, 0.717) is 10.2 Å². The number of benzene rings is 1. The summed E-state index contributed by atoms with van der Waals surface area (Å²) in [5.74, 6) is 1.38. The maximum atomic E-state index is 5.54. The molecule has 0 amide bonds. The van der Waals surface area contributed by atoms with E-state index >= 15 is 0 Å². The van der Waals surface area contributed by atoms with Gasteiger partial charge in [0.25, 0.3) is 0 Å². The van der Waals surface area contributed by atoms with Crippen molar-refractivity contribution in [3.05, 3.63) is 29.8 Å². The molecule has 0 spiro atoms. The first-order valence-corrected chi connectivity index (χ1v) is 5.31. The first-order chi connectivity index (χ1) is 6.77. The van der Waals surface area contributed by atoms with Crippen LogP contribution in [0.4, 0.5) is 0 Å². The van der Waals surface area contributed by atoms with Gasteiger partial charge < -0.3 is 10.1 Å². The van der Waals surface area contributed by atoms with Crippen LogP contribution in [0.5, 0.6) is 5.75 Å². The molecule has 4 heteroatoms. The lowest BCUT2D eigenvalue weighted by atomic mass is 10.0. The normalized spacial score (nSPS) is 18.5. The highest BCUT2D eigenvalue weighted by Crippen LogP contribution is 2.32. The Bertz CT molecular complexity index is 354. The fourth-order valence-corrected chi connectivity index (χ4v) is 1.78. The Hall–Kier alpha value is -0.740. The first-order valence-electron chi connectivity index (χ1n) is 4.46. The fraction of sp³-hybridized carbons (Fsp3) is 0.300. The molecule has 1 aromatic rings. The van der Waals surface area contributed by atoms with Crippen LogP contribution in [0.1, 0.15) is 11.5 Å². The maximum absolute atomic E-state index is 5.54. The first kappa shape index (κ1) is 9.80. The van der Waals surface area contributed by atoms with Gasteiger partial charge in [-0.25, -0.2) is 0 Å². The molecule has 74 valence electrons. The van der Waals surface area contributed by atoms with E-state index in [1.807, 2.05) is 18.2 Å². The van der Waals surface area contributed by atoms with E-state index in [9.17, 15) is 0 Å². The molecule has 1 atom stereocenters. The van der Waals surface area contributed by atoms with E-state index in [-0.39, 0.29) is 0 Å². The third kappa shape index (κ3) is 2.01. The average molecular weight is 225 g/mol. The number of fused-ring (bicyclic) bond motifs is 1. The SMILES string of the molecule is S=C(S)NCC1COc2ccccc21. The zero-order valence-corrected chi connectivity index (χ0v) is 9.28. The second-order valence-electron chi connectivity index (χ2n) is 3.23. The third-order valence-electron chi connectivity index (χ3n) is 2.30. The summed E-state index contributed by atoms with van der Waals surface area (Å²) >= 11 is 8.86. The van der Waals surface area contributed by atoms with Gasteiger partial charge in [-0.2, -0.15) is 0 Å². The van der Waals surface area contributed by atoms with Gasteiger partial charge in [0.15, 0.2) is 0 Å². The molecule has 1 aliphatic rings. The van der Waals surface area contributed by atoms with E-state index in [2.05, 4.69) is 24.0 Å². The van der Waals surface area contributed by atoms with Crippen molar-refractivity contribution in [3.63, 3.8) is 0 Å². The Morgan fingerprint density at radius 3 is 3.14 bits per heavy atom. The summed E-state index contributed by atoms with van der Waals surface area (Å²) in [6, 6.07) is 8.10. The molecule has 14 heavy (non-hydrogen) atoms. The Labute approximate surface area is 94.1 Å². The molecule has 2 nitrogen and oxygen atoms in total. The highest BCUT2D eigenvalue weighted by Gasteiger charge is 2.22. The Morgan fingerprint density at radius 1 is 1.57 bits per heavy atom. The lowest BCUT2D eigenvalue weighted by Crippen LogP contribution is -2.24. The van der Waals surface area contributed by atoms with Crippen LogP contribution in [-0.2, 0) is 0 Å². The Kier molecular flexibility index (Phi) is 2.93. The van der Waals surface area contributed by atoms with Gasteiger partial charge in [-0.1, -0.05) is 30.4 Å². The van der Waals surface area contributed by atoms with Gasteiger partial charge in [-0.05, 0) is 6.07 Å². The number of ether oxygens (including phenoxy) is 1. The summed E-state index contributed by atoms with van der Waals surface area (Å²) in [4.78, 5) is 0. The van der Waals surface area contributed by atoms with Crippen molar-refractivity contribution in [1.29, 1.82) is 0 Å². The van der Waals surface area contributed by atoms with Crippen molar-refractivity contribution >= 4 is 29.2 Å². The number of thiocarbonyl (C=S) groups is 1. The van der Waals surface area contributed by atoms with Gasteiger partial charge in [0.1, 0.15) is 10.1 Å². The predicted octanol–water partition coefficient (Wildman–Crippen LogP) is 1.97. The molecule has 1 aromatic carbocycles. The highest BCUT2D eigenvalue weighted by atomic mass is 32.1. The molecule has 1 aliphatic heterocycles. The topological polar surface area (TPSA) is 21.3 Å². The monoisotopic (exact) mass is 225 g/mol. The van der Waals surface area contributed by atoms with Crippen molar-refractivity contribution in [1.82, 2.24) is 5.32 Å². The molecule has 0 saturated heterocycles. The second-order valence-corrected chi connectivity index (χ2v) is 4.39. The van der Waals surface area contributed by atoms with Gasteiger partial charge in [0, 0.05) is 18.0 Å². The number of nitrogens with one attached hydrogen (secondary N) is 1. The lowest BCUT2D eigenvalue weighted by Gasteiger charge is -2.09. The van der Waals surface area contributed by atoms with Crippen molar-refractivity contribution < 1.29 is 4.74 Å². The third-order valence-corrected chi connectivity index (χ3v) is 2.60.